The Labute approximate surface area is 165 Å². The Morgan fingerprint density at radius 3 is 2.79 bits per heavy atom. The van der Waals surface area contributed by atoms with Gasteiger partial charge in [-0.15, -0.1) is 0 Å². The van der Waals surface area contributed by atoms with E-state index in [1.165, 1.54) is 6.08 Å². The van der Waals surface area contributed by atoms with Gasteiger partial charge in [0.15, 0.2) is 0 Å². The first-order valence-electron chi connectivity index (χ1n) is 9.13. The third kappa shape index (κ3) is 4.71. The lowest BCUT2D eigenvalue weighted by atomic mass is 9.99. The molecule has 0 bridgehead atoms. The Hall–Kier alpha value is -3.28. The van der Waals surface area contributed by atoms with Gasteiger partial charge in [-0.1, -0.05) is 30.3 Å². The molecule has 1 heterocycles. The number of rotatable bonds is 6. The summed E-state index contributed by atoms with van der Waals surface area (Å²) in [6, 6.07) is 13.3. The highest BCUT2D eigenvalue weighted by Gasteiger charge is 2.33. The van der Waals surface area contributed by atoms with E-state index in [-0.39, 0.29) is 11.4 Å². The summed E-state index contributed by atoms with van der Waals surface area (Å²) in [5.41, 5.74) is 7.80. The fraction of sp³-hybridized carbons (Fsp3) is 0.273. The van der Waals surface area contributed by atoms with E-state index in [2.05, 4.69) is 10.3 Å². The second-order valence-corrected chi connectivity index (χ2v) is 7.23. The van der Waals surface area contributed by atoms with E-state index in [9.17, 15) is 4.79 Å². The second-order valence-electron chi connectivity index (χ2n) is 7.23. The summed E-state index contributed by atoms with van der Waals surface area (Å²) in [5, 5.41) is 2.80. The molecule has 0 aliphatic carbocycles. The Morgan fingerprint density at radius 1 is 1.32 bits per heavy atom. The molecular formula is C22H25N3O3. The zero-order valence-electron chi connectivity index (χ0n) is 16.4. The van der Waals surface area contributed by atoms with Gasteiger partial charge >= 0.3 is 0 Å². The lowest BCUT2D eigenvalue weighted by molar-refractivity contribution is 0.100. The number of amidine groups is 1. The highest BCUT2D eigenvalue weighted by atomic mass is 16.5. The van der Waals surface area contributed by atoms with Crippen molar-refractivity contribution in [2.24, 2.45) is 10.7 Å². The quantitative estimate of drug-likeness (QED) is 0.595. The average Bonchev–Trinajstić information content (AvgIpc) is 2.99. The number of amides is 1. The molecule has 1 aliphatic rings. The van der Waals surface area contributed by atoms with E-state index >= 15 is 0 Å². The lowest BCUT2D eigenvalue weighted by Gasteiger charge is -2.16. The smallest absolute Gasteiger partial charge is 0.279 e. The van der Waals surface area contributed by atoms with Crippen LogP contribution in [0.5, 0.6) is 11.5 Å². The largest absolute Gasteiger partial charge is 0.488 e. The van der Waals surface area contributed by atoms with E-state index in [4.69, 9.17) is 15.2 Å². The van der Waals surface area contributed by atoms with E-state index in [0.717, 1.165) is 11.1 Å². The van der Waals surface area contributed by atoms with E-state index in [0.29, 0.717) is 30.1 Å². The summed E-state index contributed by atoms with van der Waals surface area (Å²) in [6.07, 6.45) is 3.84. The van der Waals surface area contributed by atoms with Crippen molar-refractivity contribution in [3.8, 4) is 11.5 Å². The first-order chi connectivity index (χ1) is 13.4. The van der Waals surface area contributed by atoms with Crippen molar-refractivity contribution in [3.63, 3.8) is 0 Å². The SMILES string of the molecule is CN/C=C\C(N)=NC(=O)c1cc(OCc2ccccc2)c2c(c1)OC(C)(C)C2. The maximum atomic E-state index is 12.6. The molecule has 0 unspecified atom stereocenters. The molecule has 2 aromatic rings. The minimum Gasteiger partial charge on any atom is -0.488 e. The first kappa shape index (κ1) is 19.5. The topological polar surface area (TPSA) is 85.9 Å². The standard InChI is InChI=1S/C22H25N3O3/c1-22(2)13-17-18(27-14-15-7-5-4-6-8-15)11-16(12-19(17)28-22)21(26)25-20(23)9-10-24-3/h4-12,24H,13-14H2,1-3H3,(H2,23,25,26)/b10-9-. The number of carbonyl (C=O) groups is 1. The summed E-state index contributed by atoms with van der Waals surface area (Å²) < 4.78 is 12.1. The van der Waals surface area contributed by atoms with Crippen LogP contribution in [0.4, 0.5) is 0 Å². The Bertz CT molecular complexity index is 918. The molecule has 146 valence electrons. The molecule has 28 heavy (non-hydrogen) atoms. The monoisotopic (exact) mass is 379 g/mol. The van der Waals surface area contributed by atoms with Gasteiger partial charge in [-0.2, -0.15) is 4.99 Å². The number of nitrogens with one attached hydrogen (secondary N) is 1. The van der Waals surface area contributed by atoms with Crippen molar-refractivity contribution >= 4 is 11.7 Å². The molecule has 0 spiro atoms. The van der Waals surface area contributed by atoms with Crippen LogP contribution >= 0.6 is 0 Å². The molecule has 6 nitrogen and oxygen atoms in total. The van der Waals surface area contributed by atoms with Crippen LogP contribution < -0.4 is 20.5 Å². The van der Waals surface area contributed by atoms with Crippen LogP contribution in [0.3, 0.4) is 0 Å². The molecule has 0 aromatic heterocycles. The van der Waals surface area contributed by atoms with Crippen LogP contribution in [-0.4, -0.2) is 24.4 Å². The number of carbonyl (C=O) groups excluding carboxylic acids is 1. The van der Waals surface area contributed by atoms with Crippen LogP contribution in [0.1, 0.15) is 35.3 Å². The molecule has 0 saturated heterocycles. The lowest BCUT2D eigenvalue weighted by Crippen LogP contribution is -2.24. The summed E-state index contributed by atoms with van der Waals surface area (Å²) in [4.78, 5) is 16.5. The predicted octanol–water partition coefficient (Wildman–Crippen LogP) is 3.21. The van der Waals surface area contributed by atoms with Crippen LogP contribution in [0, 0.1) is 0 Å². The second kappa shape index (κ2) is 8.17. The molecule has 2 aromatic carbocycles. The molecule has 0 radical (unpaired) electrons. The molecule has 1 aliphatic heterocycles. The van der Waals surface area contributed by atoms with Gasteiger partial charge in [-0.05, 0) is 43.8 Å². The Morgan fingerprint density at radius 2 is 2.07 bits per heavy atom. The molecule has 0 atom stereocenters. The molecule has 6 heteroatoms. The molecule has 3 rings (SSSR count). The molecule has 0 fully saturated rings. The number of hydrogen-bond acceptors (Lipinski definition) is 4. The molecule has 0 saturated carbocycles. The minimum atomic E-state index is -0.445. The summed E-state index contributed by atoms with van der Waals surface area (Å²) in [5.74, 6) is 0.958. The van der Waals surface area contributed by atoms with Gasteiger partial charge in [-0.3, -0.25) is 4.79 Å². The normalized spacial score (nSPS) is 15.2. The number of ether oxygens (including phenoxy) is 2. The molecular weight excluding hydrogens is 354 g/mol. The van der Waals surface area contributed by atoms with E-state index < -0.39 is 5.91 Å². The summed E-state index contributed by atoms with van der Waals surface area (Å²) >= 11 is 0. The van der Waals surface area contributed by atoms with Crippen molar-refractivity contribution in [2.75, 3.05) is 7.05 Å². The third-order valence-electron chi connectivity index (χ3n) is 4.29. The minimum absolute atomic E-state index is 0.118. The maximum Gasteiger partial charge on any atom is 0.279 e. The van der Waals surface area contributed by atoms with Crippen molar-refractivity contribution in [1.82, 2.24) is 5.32 Å². The van der Waals surface area contributed by atoms with Crippen LogP contribution in [-0.2, 0) is 13.0 Å². The third-order valence-corrected chi connectivity index (χ3v) is 4.29. The molecule has 1 amide bonds. The highest BCUT2D eigenvalue weighted by Crippen LogP contribution is 2.41. The number of nitrogens with zero attached hydrogens (tertiary/aromatic N) is 1. The number of nitrogens with two attached hydrogens (primary N) is 1. The fourth-order valence-corrected chi connectivity index (χ4v) is 3.02. The van der Waals surface area contributed by atoms with Crippen molar-refractivity contribution in [2.45, 2.75) is 32.5 Å². The predicted molar refractivity (Wildman–Crippen MR) is 110 cm³/mol. The van der Waals surface area contributed by atoms with Gasteiger partial charge in [0.25, 0.3) is 5.91 Å². The van der Waals surface area contributed by atoms with E-state index in [1.807, 2.05) is 44.2 Å². The molecule has 3 N–H and O–H groups in total. The number of fused-ring (bicyclic) bond motifs is 1. The first-order valence-corrected chi connectivity index (χ1v) is 9.13. The van der Waals surface area contributed by atoms with Crippen molar-refractivity contribution in [3.05, 3.63) is 71.4 Å². The van der Waals surface area contributed by atoms with Crippen LogP contribution in [0.15, 0.2) is 59.7 Å². The van der Waals surface area contributed by atoms with Gasteiger partial charge < -0.3 is 20.5 Å². The Kier molecular flexibility index (Phi) is 5.68. The summed E-state index contributed by atoms with van der Waals surface area (Å²) in [6.45, 7) is 4.42. The number of benzene rings is 2. The van der Waals surface area contributed by atoms with Crippen LogP contribution in [0.25, 0.3) is 0 Å². The van der Waals surface area contributed by atoms with E-state index in [1.54, 1.807) is 25.4 Å². The van der Waals surface area contributed by atoms with Gasteiger partial charge in [0.05, 0.1) is 0 Å². The zero-order valence-corrected chi connectivity index (χ0v) is 16.4. The van der Waals surface area contributed by atoms with Gasteiger partial charge in [0.2, 0.25) is 0 Å². The summed E-state index contributed by atoms with van der Waals surface area (Å²) in [7, 11) is 1.74. The zero-order chi connectivity index (χ0) is 20.1. The number of aliphatic imine (C=N–C) groups is 1. The Balaban J connectivity index is 1.90. The van der Waals surface area contributed by atoms with Gasteiger partial charge in [0.1, 0.15) is 29.5 Å². The van der Waals surface area contributed by atoms with Crippen molar-refractivity contribution in [1.29, 1.82) is 0 Å². The fourth-order valence-electron chi connectivity index (χ4n) is 3.02. The van der Waals surface area contributed by atoms with Crippen LogP contribution in [0.2, 0.25) is 0 Å². The van der Waals surface area contributed by atoms with Gasteiger partial charge in [0, 0.05) is 24.6 Å². The number of hydrogen-bond donors (Lipinski definition) is 2. The van der Waals surface area contributed by atoms with Gasteiger partial charge in [-0.25, -0.2) is 0 Å². The van der Waals surface area contributed by atoms with Crippen molar-refractivity contribution < 1.29 is 14.3 Å². The highest BCUT2D eigenvalue weighted by molar-refractivity contribution is 6.06. The average molecular weight is 379 g/mol. The maximum absolute atomic E-state index is 12.6.